The monoisotopic (exact) mass is 221 g/mol. The fraction of sp³-hybridized carbons (Fsp3) is 1.00. The van der Waals surface area contributed by atoms with Crippen molar-refractivity contribution in [3.05, 3.63) is 0 Å². The molecule has 5 nitrogen and oxygen atoms in total. The van der Waals surface area contributed by atoms with Crippen LogP contribution in [0, 0.1) is 5.92 Å². The van der Waals surface area contributed by atoms with Gasteiger partial charge in [0.2, 0.25) is 0 Å². The normalized spacial score (nSPS) is 29.2. The predicted octanol–water partition coefficient (Wildman–Crippen LogP) is -0.666. The summed E-state index contributed by atoms with van der Waals surface area (Å²) in [7, 11) is 0.362. The molecule has 1 fully saturated rings. The van der Waals surface area contributed by atoms with Gasteiger partial charge < -0.3 is 5.32 Å². The SMILES string of the molecule is CCN1CC(CNC)CN(C)S1(=O)=O. The number of hydrogen-bond donors (Lipinski definition) is 1. The fourth-order valence-electron chi connectivity index (χ4n) is 1.80. The Hall–Kier alpha value is -0.170. The molecule has 0 aromatic carbocycles. The summed E-state index contributed by atoms with van der Waals surface area (Å²) >= 11 is 0. The number of rotatable bonds is 3. The molecule has 0 aromatic heterocycles. The molecule has 0 amide bonds. The lowest BCUT2D eigenvalue weighted by Crippen LogP contribution is -2.53. The molecule has 0 spiro atoms. The Balaban J connectivity index is 2.74. The summed E-state index contributed by atoms with van der Waals surface area (Å²) in [5.41, 5.74) is 0. The van der Waals surface area contributed by atoms with Gasteiger partial charge in [0.15, 0.2) is 0 Å². The number of nitrogens with one attached hydrogen (secondary N) is 1. The second-order valence-corrected chi connectivity index (χ2v) is 5.70. The topological polar surface area (TPSA) is 52.6 Å². The highest BCUT2D eigenvalue weighted by Gasteiger charge is 2.34. The molecule has 0 radical (unpaired) electrons. The highest BCUT2D eigenvalue weighted by Crippen LogP contribution is 2.17. The Morgan fingerprint density at radius 3 is 2.57 bits per heavy atom. The van der Waals surface area contributed by atoms with Crippen molar-refractivity contribution in [2.45, 2.75) is 6.92 Å². The van der Waals surface area contributed by atoms with Crippen molar-refractivity contribution in [1.82, 2.24) is 13.9 Å². The quantitative estimate of drug-likeness (QED) is 0.688. The Morgan fingerprint density at radius 2 is 2.07 bits per heavy atom. The van der Waals surface area contributed by atoms with Gasteiger partial charge in [0.25, 0.3) is 10.2 Å². The summed E-state index contributed by atoms with van der Waals surface area (Å²) in [5, 5.41) is 3.08. The van der Waals surface area contributed by atoms with Crippen LogP contribution < -0.4 is 5.32 Å². The summed E-state index contributed by atoms with van der Waals surface area (Å²) < 4.78 is 26.4. The Morgan fingerprint density at radius 1 is 1.43 bits per heavy atom. The molecule has 0 aromatic rings. The van der Waals surface area contributed by atoms with Gasteiger partial charge in [-0.25, -0.2) is 0 Å². The third-order valence-corrected chi connectivity index (χ3v) is 4.54. The average Bonchev–Trinajstić information content (AvgIpc) is 2.11. The molecule has 14 heavy (non-hydrogen) atoms. The maximum Gasteiger partial charge on any atom is 0.281 e. The van der Waals surface area contributed by atoms with Crippen LogP contribution in [0.1, 0.15) is 6.92 Å². The molecule has 1 rings (SSSR count). The largest absolute Gasteiger partial charge is 0.319 e. The summed E-state index contributed by atoms with van der Waals surface area (Å²) in [4.78, 5) is 0. The Labute approximate surface area is 86.3 Å². The van der Waals surface area contributed by atoms with Crippen LogP contribution in [0.25, 0.3) is 0 Å². The smallest absolute Gasteiger partial charge is 0.281 e. The molecule has 0 bridgehead atoms. The first-order valence-electron chi connectivity index (χ1n) is 4.88. The van der Waals surface area contributed by atoms with E-state index in [4.69, 9.17) is 0 Å². The van der Waals surface area contributed by atoms with E-state index in [2.05, 4.69) is 5.32 Å². The van der Waals surface area contributed by atoms with E-state index in [-0.39, 0.29) is 0 Å². The van der Waals surface area contributed by atoms with Crippen LogP contribution in [0.2, 0.25) is 0 Å². The van der Waals surface area contributed by atoms with Gasteiger partial charge in [0, 0.05) is 33.2 Å². The van der Waals surface area contributed by atoms with Crippen LogP contribution in [0.4, 0.5) is 0 Å². The minimum atomic E-state index is -3.16. The molecular formula is C8H19N3O2S. The molecule has 6 heteroatoms. The standard InChI is InChI=1S/C8H19N3O2S/c1-4-11-7-8(5-9-2)6-10(3)14(11,12)13/h8-9H,4-7H2,1-3H3. The van der Waals surface area contributed by atoms with E-state index in [1.807, 2.05) is 14.0 Å². The van der Waals surface area contributed by atoms with Gasteiger partial charge in [0.05, 0.1) is 0 Å². The van der Waals surface area contributed by atoms with Crippen LogP contribution >= 0.6 is 0 Å². The first-order valence-corrected chi connectivity index (χ1v) is 6.28. The van der Waals surface area contributed by atoms with E-state index < -0.39 is 10.2 Å². The zero-order valence-corrected chi connectivity index (χ0v) is 9.84. The Kier molecular flexibility index (Phi) is 3.88. The zero-order chi connectivity index (χ0) is 10.8. The second kappa shape index (κ2) is 4.57. The molecule has 1 aliphatic rings. The molecule has 84 valence electrons. The lowest BCUT2D eigenvalue weighted by atomic mass is 10.1. The fourth-order valence-corrected chi connectivity index (χ4v) is 3.32. The highest BCUT2D eigenvalue weighted by atomic mass is 32.2. The summed E-state index contributed by atoms with van der Waals surface area (Å²) in [6.45, 7) is 4.51. The molecule has 1 atom stereocenters. The lowest BCUT2D eigenvalue weighted by Gasteiger charge is -2.36. The number of nitrogens with zero attached hydrogens (tertiary/aromatic N) is 2. The van der Waals surface area contributed by atoms with E-state index >= 15 is 0 Å². The van der Waals surface area contributed by atoms with Gasteiger partial charge in [-0.15, -0.1) is 0 Å². The van der Waals surface area contributed by atoms with Crippen molar-refractivity contribution >= 4 is 10.2 Å². The maximum atomic E-state index is 11.7. The van der Waals surface area contributed by atoms with Gasteiger partial charge in [-0.2, -0.15) is 17.0 Å². The highest BCUT2D eigenvalue weighted by molar-refractivity contribution is 7.86. The molecule has 0 aliphatic carbocycles. The van der Waals surface area contributed by atoms with E-state index in [0.717, 1.165) is 6.54 Å². The summed E-state index contributed by atoms with van der Waals surface area (Å²) in [5.74, 6) is 0.383. The Bertz CT molecular complexity index is 278. The van der Waals surface area contributed by atoms with Gasteiger partial charge >= 0.3 is 0 Å². The molecule has 0 saturated carbocycles. The van der Waals surface area contributed by atoms with Crippen molar-refractivity contribution in [2.75, 3.05) is 40.3 Å². The first kappa shape index (κ1) is 11.9. The molecule has 1 aliphatic heterocycles. The third kappa shape index (κ3) is 2.25. The van der Waals surface area contributed by atoms with E-state index in [0.29, 0.717) is 25.6 Å². The zero-order valence-electron chi connectivity index (χ0n) is 9.02. The predicted molar refractivity (Wildman–Crippen MR) is 56.2 cm³/mol. The maximum absolute atomic E-state index is 11.7. The summed E-state index contributed by atoms with van der Waals surface area (Å²) in [6.07, 6.45) is 0. The van der Waals surface area contributed by atoms with E-state index in [9.17, 15) is 8.42 Å². The van der Waals surface area contributed by atoms with Crippen molar-refractivity contribution in [3.63, 3.8) is 0 Å². The molecule has 1 N–H and O–H groups in total. The summed E-state index contributed by atoms with van der Waals surface area (Å²) in [6, 6.07) is 0. The number of hydrogen-bond acceptors (Lipinski definition) is 3. The average molecular weight is 221 g/mol. The van der Waals surface area contributed by atoms with Gasteiger partial charge in [0.1, 0.15) is 0 Å². The van der Waals surface area contributed by atoms with Crippen molar-refractivity contribution in [3.8, 4) is 0 Å². The van der Waals surface area contributed by atoms with Crippen molar-refractivity contribution < 1.29 is 8.42 Å². The van der Waals surface area contributed by atoms with Gasteiger partial charge in [-0.3, -0.25) is 0 Å². The van der Waals surface area contributed by atoms with Gasteiger partial charge in [-0.05, 0) is 13.0 Å². The van der Waals surface area contributed by atoms with Crippen LogP contribution in [-0.4, -0.2) is 57.3 Å². The molecule has 1 heterocycles. The van der Waals surface area contributed by atoms with E-state index in [1.54, 1.807) is 7.05 Å². The van der Waals surface area contributed by atoms with Crippen molar-refractivity contribution in [2.24, 2.45) is 5.92 Å². The minimum Gasteiger partial charge on any atom is -0.319 e. The molecule has 1 saturated heterocycles. The lowest BCUT2D eigenvalue weighted by molar-refractivity contribution is 0.245. The molecular weight excluding hydrogens is 202 g/mol. The van der Waals surface area contributed by atoms with Gasteiger partial charge in [-0.1, -0.05) is 6.92 Å². The second-order valence-electron chi connectivity index (χ2n) is 3.66. The third-order valence-electron chi connectivity index (χ3n) is 2.54. The van der Waals surface area contributed by atoms with Crippen LogP contribution in [0.5, 0.6) is 0 Å². The first-order chi connectivity index (χ1) is 6.52. The van der Waals surface area contributed by atoms with Crippen LogP contribution in [-0.2, 0) is 10.2 Å². The van der Waals surface area contributed by atoms with Crippen LogP contribution in [0.3, 0.4) is 0 Å². The van der Waals surface area contributed by atoms with Crippen LogP contribution in [0.15, 0.2) is 0 Å². The van der Waals surface area contributed by atoms with Crippen molar-refractivity contribution in [1.29, 1.82) is 0 Å². The van der Waals surface area contributed by atoms with E-state index in [1.165, 1.54) is 8.61 Å². The minimum absolute atomic E-state index is 0.383. The molecule has 1 unspecified atom stereocenters.